The SMILES string of the molecule is Clc1nc(NCCc2ncc[nH]2)nc(-n2cncn2)n1. The monoisotopic (exact) mass is 291 g/mol. The van der Waals surface area contributed by atoms with Crippen LogP contribution in [0.15, 0.2) is 25.0 Å². The molecule has 0 amide bonds. The number of aromatic amines is 1. The van der Waals surface area contributed by atoms with Gasteiger partial charge in [0.1, 0.15) is 18.5 Å². The molecule has 9 nitrogen and oxygen atoms in total. The van der Waals surface area contributed by atoms with E-state index in [4.69, 9.17) is 11.6 Å². The predicted molar refractivity (Wildman–Crippen MR) is 70.5 cm³/mol. The predicted octanol–water partition coefficient (Wildman–Crippen LogP) is 0.483. The summed E-state index contributed by atoms with van der Waals surface area (Å²) in [6, 6.07) is 0. The van der Waals surface area contributed by atoms with Gasteiger partial charge in [0.25, 0.3) is 5.95 Å². The van der Waals surface area contributed by atoms with Gasteiger partial charge in [0.15, 0.2) is 0 Å². The molecule has 20 heavy (non-hydrogen) atoms. The standard InChI is InChI=1S/C10H10ClN9/c11-8-17-9(15-2-1-7-13-3-4-14-7)19-10(18-8)20-6-12-5-16-20/h3-6H,1-2H2,(H,13,14)(H,15,17,18,19). The van der Waals surface area contributed by atoms with Crippen molar-refractivity contribution < 1.29 is 0 Å². The Bertz CT molecular complexity index is 664. The van der Waals surface area contributed by atoms with Gasteiger partial charge in [0, 0.05) is 25.4 Å². The summed E-state index contributed by atoms with van der Waals surface area (Å²) in [5, 5.41) is 7.09. The Hall–Kier alpha value is -2.55. The maximum atomic E-state index is 5.86. The number of nitrogens with one attached hydrogen (secondary N) is 2. The van der Waals surface area contributed by atoms with Gasteiger partial charge < -0.3 is 10.3 Å². The Labute approximate surface area is 118 Å². The molecule has 0 radical (unpaired) electrons. The number of hydrogen-bond donors (Lipinski definition) is 2. The molecule has 0 aliphatic heterocycles. The Morgan fingerprint density at radius 2 is 2.25 bits per heavy atom. The molecule has 0 fully saturated rings. The molecule has 0 aliphatic carbocycles. The Morgan fingerprint density at radius 3 is 3.00 bits per heavy atom. The second kappa shape index (κ2) is 5.61. The lowest BCUT2D eigenvalue weighted by Gasteiger charge is -2.05. The molecule has 0 atom stereocenters. The van der Waals surface area contributed by atoms with E-state index in [1.807, 2.05) is 0 Å². The van der Waals surface area contributed by atoms with E-state index in [1.165, 1.54) is 17.3 Å². The highest BCUT2D eigenvalue weighted by molar-refractivity contribution is 6.28. The molecule has 0 aliphatic rings. The van der Waals surface area contributed by atoms with E-state index in [9.17, 15) is 0 Å². The quantitative estimate of drug-likeness (QED) is 0.703. The number of aromatic nitrogens is 8. The fraction of sp³-hybridized carbons (Fsp3) is 0.200. The average molecular weight is 292 g/mol. The van der Waals surface area contributed by atoms with E-state index in [1.54, 1.807) is 12.4 Å². The van der Waals surface area contributed by atoms with E-state index >= 15 is 0 Å². The van der Waals surface area contributed by atoms with Crippen LogP contribution in [0.4, 0.5) is 5.95 Å². The Balaban J connectivity index is 1.70. The van der Waals surface area contributed by atoms with Crippen LogP contribution in [0.3, 0.4) is 0 Å². The van der Waals surface area contributed by atoms with Crippen molar-refractivity contribution in [2.75, 3.05) is 11.9 Å². The maximum absolute atomic E-state index is 5.86. The van der Waals surface area contributed by atoms with Crippen LogP contribution in [-0.2, 0) is 6.42 Å². The van der Waals surface area contributed by atoms with Crippen LogP contribution in [0.2, 0.25) is 5.28 Å². The van der Waals surface area contributed by atoms with E-state index in [0.29, 0.717) is 18.4 Å². The second-order valence-electron chi connectivity index (χ2n) is 3.78. The van der Waals surface area contributed by atoms with Crippen molar-refractivity contribution in [3.63, 3.8) is 0 Å². The zero-order chi connectivity index (χ0) is 13.8. The maximum Gasteiger partial charge on any atom is 0.258 e. The van der Waals surface area contributed by atoms with Crippen LogP contribution in [0.25, 0.3) is 5.95 Å². The van der Waals surface area contributed by atoms with Gasteiger partial charge in [-0.3, -0.25) is 0 Å². The third-order valence-corrected chi connectivity index (χ3v) is 2.59. The van der Waals surface area contributed by atoms with Crippen LogP contribution in [0.1, 0.15) is 5.82 Å². The first kappa shape index (κ1) is 12.5. The lowest BCUT2D eigenvalue weighted by molar-refractivity contribution is 0.791. The van der Waals surface area contributed by atoms with Gasteiger partial charge in [0.05, 0.1) is 0 Å². The molecule has 3 rings (SSSR count). The van der Waals surface area contributed by atoms with Crippen molar-refractivity contribution in [2.24, 2.45) is 0 Å². The minimum Gasteiger partial charge on any atom is -0.354 e. The lowest BCUT2D eigenvalue weighted by Crippen LogP contribution is -2.12. The van der Waals surface area contributed by atoms with E-state index in [0.717, 1.165) is 12.2 Å². The summed E-state index contributed by atoms with van der Waals surface area (Å²) in [5.74, 6) is 1.57. The third kappa shape index (κ3) is 2.88. The summed E-state index contributed by atoms with van der Waals surface area (Å²) in [5.41, 5.74) is 0. The van der Waals surface area contributed by atoms with Crippen molar-refractivity contribution >= 4 is 17.5 Å². The smallest absolute Gasteiger partial charge is 0.258 e. The molecular weight excluding hydrogens is 282 g/mol. The third-order valence-electron chi connectivity index (χ3n) is 2.42. The first-order valence-electron chi connectivity index (χ1n) is 5.80. The highest BCUT2D eigenvalue weighted by Crippen LogP contribution is 2.08. The van der Waals surface area contributed by atoms with Crippen LogP contribution < -0.4 is 5.32 Å². The van der Waals surface area contributed by atoms with Gasteiger partial charge in [0.2, 0.25) is 11.2 Å². The molecule has 0 saturated carbocycles. The van der Waals surface area contributed by atoms with Gasteiger partial charge in [-0.15, -0.1) is 0 Å². The number of imidazole rings is 1. The molecule has 0 spiro atoms. The molecular formula is C10H10ClN9. The number of H-pyrrole nitrogens is 1. The molecule has 0 bridgehead atoms. The fourth-order valence-corrected chi connectivity index (χ4v) is 1.72. The van der Waals surface area contributed by atoms with Crippen molar-refractivity contribution in [1.29, 1.82) is 0 Å². The Morgan fingerprint density at radius 1 is 1.30 bits per heavy atom. The van der Waals surface area contributed by atoms with E-state index in [-0.39, 0.29) is 5.28 Å². The van der Waals surface area contributed by atoms with Gasteiger partial charge in [-0.2, -0.15) is 24.7 Å². The topological polar surface area (TPSA) is 110 Å². The van der Waals surface area contributed by atoms with Crippen molar-refractivity contribution in [3.05, 3.63) is 36.2 Å². The number of hydrogen-bond acceptors (Lipinski definition) is 7. The van der Waals surface area contributed by atoms with Gasteiger partial charge >= 0.3 is 0 Å². The highest BCUT2D eigenvalue weighted by Gasteiger charge is 2.07. The van der Waals surface area contributed by atoms with Gasteiger partial charge in [-0.05, 0) is 11.6 Å². The molecule has 3 aromatic heterocycles. The van der Waals surface area contributed by atoms with E-state index < -0.39 is 0 Å². The van der Waals surface area contributed by atoms with Crippen LogP contribution in [0, 0.1) is 0 Å². The summed E-state index contributed by atoms with van der Waals surface area (Å²) in [6.07, 6.45) is 7.07. The molecule has 102 valence electrons. The normalized spacial score (nSPS) is 10.7. The van der Waals surface area contributed by atoms with Crippen LogP contribution in [0.5, 0.6) is 0 Å². The summed E-state index contributed by atoms with van der Waals surface area (Å²) < 4.78 is 1.41. The largest absolute Gasteiger partial charge is 0.354 e. The summed E-state index contributed by atoms with van der Waals surface area (Å²) >= 11 is 5.86. The van der Waals surface area contributed by atoms with Gasteiger partial charge in [-0.25, -0.2) is 9.97 Å². The molecule has 3 heterocycles. The number of nitrogens with zero attached hydrogens (tertiary/aromatic N) is 7. The molecule has 0 aromatic carbocycles. The van der Waals surface area contributed by atoms with Gasteiger partial charge in [-0.1, -0.05) is 0 Å². The minimum absolute atomic E-state index is 0.0889. The first-order valence-corrected chi connectivity index (χ1v) is 6.18. The molecule has 3 aromatic rings. The highest BCUT2D eigenvalue weighted by atomic mass is 35.5. The summed E-state index contributed by atoms with van der Waals surface area (Å²) in [7, 11) is 0. The van der Waals surface area contributed by atoms with Crippen LogP contribution in [-0.4, -0.2) is 46.2 Å². The van der Waals surface area contributed by atoms with Crippen molar-refractivity contribution in [3.8, 4) is 5.95 Å². The molecule has 10 heteroatoms. The zero-order valence-corrected chi connectivity index (χ0v) is 11.0. The van der Waals surface area contributed by atoms with Crippen molar-refractivity contribution in [2.45, 2.75) is 6.42 Å². The number of halogens is 1. The molecule has 2 N–H and O–H groups in total. The molecule has 0 unspecified atom stereocenters. The number of rotatable bonds is 5. The number of anilines is 1. The summed E-state index contributed by atoms with van der Waals surface area (Å²) in [6.45, 7) is 0.616. The summed E-state index contributed by atoms with van der Waals surface area (Å²) in [4.78, 5) is 23.2. The second-order valence-corrected chi connectivity index (χ2v) is 4.12. The zero-order valence-electron chi connectivity index (χ0n) is 10.2. The minimum atomic E-state index is 0.0889. The Kier molecular flexibility index (Phi) is 3.50. The molecule has 0 saturated heterocycles. The average Bonchev–Trinajstić information content (AvgIpc) is 3.11. The first-order chi connectivity index (χ1) is 9.81. The van der Waals surface area contributed by atoms with Crippen LogP contribution >= 0.6 is 11.6 Å². The lowest BCUT2D eigenvalue weighted by atomic mass is 10.4. The fourth-order valence-electron chi connectivity index (χ4n) is 1.56. The van der Waals surface area contributed by atoms with Crippen molar-refractivity contribution in [1.82, 2.24) is 39.7 Å². The van der Waals surface area contributed by atoms with E-state index in [2.05, 4.69) is 40.3 Å².